The van der Waals surface area contributed by atoms with Gasteiger partial charge in [0.15, 0.2) is 0 Å². The molecule has 19 heavy (non-hydrogen) atoms. The number of benzene rings is 1. The van der Waals surface area contributed by atoms with Crippen LogP contribution in [-0.2, 0) is 5.75 Å². The third-order valence-corrected chi connectivity index (χ3v) is 3.96. The van der Waals surface area contributed by atoms with Gasteiger partial charge in [-0.05, 0) is 30.3 Å². The molecule has 0 saturated carbocycles. The first-order chi connectivity index (χ1) is 9.20. The van der Waals surface area contributed by atoms with E-state index in [1.807, 2.05) is 53.2 Å². The number of imidazole rings is 1. The van der Waals surface area contributed by atoms with Crippen molar-refractivity contribution in [3.63, 3.8) is 0 Å². The van der Waals surface area contributed by atoms with Gasteiger partial charge in [-0.15, -0.1) is 11.8 Å². The van der Waals surface area contributed by atoms with Gasteiger partial charge in [-0.1, -0.05) is 17.7 Å². The van der Waals surface area contributed by atoms with E-state index >= 15 is 0 Å². The molecule has 3 aromatic rings. The van der Waals surface area contributed by atoms with Crippen molar-refractivity contribution >= 4 is 34.7 Å². The fourth-order valence-corrected chi connectivity index (χ4v) is 2.86. The summed E-state index contributed by atoms with van der Waals surface area (Å²) in [7, 11) is 0. The van der Waals surface area contributed by atoms with Crippen molar-refractivity contribution < 1.29 is 0 Å². The number of fused-ring (bicyclic) bond motifs is 1. The van der Waals surface area contributed by atoms with Gasteiger partial charge >= 0.3 is 0 Å². The molecule has 0 aliphatic heterocycles. The number of rotatable bonds is 3. The summed E-state index contributed by atoms with van der Waals surface area (Å²) >= 11 is 7.67. The minimum Gasteiger partial charge on any atom is -0.399 e. The number of aromatic nitrogens is 2. The maximum atomic E-state index is 5.95. The van der Waals surface area contributed by atoms with Gasteiger partial charge in [0, 0.05) is 28.7 Å². The molecule has 0 spiro atoms. The standard InChI is InChI=1S/C14H12ClN3S/c15-10-4-5-14-17-12(8-18(14)7-10)9-19-13-3-1-2-11(16)6-13/h1-8H,9,16H2. The van der Waals surface area contributed by atoms with E-state index in [2.05, 4.69) is 4.98 Å². The zero-order valence-corrected chi connectivity index (χ0v) is 11.7. The van der Waals surface area contributed by atoms with Crippen molar-refractivity contribution in [2.75, 3.05) is 5.73 Å². The monoisotopic (exact) mass is 289 g/mol. The topological polar surface area (TPSA) is 43.3 Å². The summed E-state index contributed by atoms with van der Waals surface area (Å²) in [5.74, 6) is 0.808. The van der Waals surface area contributed by atoms with E-state index in [1.165, 1.54) is 0 Å². The number of thioether (sulfide) groups is 1. The number of nitrogen functional groups attached to an aromatic ring is 1. The van der Waals surface area contributed by atoms with Gasteiger partial charge in [0.25, 0.3) is 0 Å². The van der Waals surface area contributed by atoms with Gasteiger partial charge in [0.1, 0.15) is 5.65 Å². The van der Waals surface area contributed by atoms with Gasteiger partial charge in [-0.25, -0.2) is 4.98 Å². The SMILES string of the molecule is Nc1cccc(SCc2cn3cc(Cl)ccc3n2)c1. The Kier molecular flexibility index (Phi) is 3.36. The summed E-state index contributed by atoms with van der Waals surface area (Å²) < 4.78 is 1.94. The lowest BCUT2D eigenvalue weighted by atomic mass is 10.3. The molecule has 2 N–H and O–H groups in total. The normalized spacial score (nSPS) is 11.0. The van der Waals surface area contributed by atoms with Gasteiger partial charge < -0.3 is 10.1 Å². The molecule has 2 heterocycles. The van der Waals surface area contributed by atoms with Crippen LogP contribution in [0.25, 0.3) is 5.65 Å². The third kappa shape index (κ3) is 2.85. The fourth-order valence-electron chi connectivity index (χ4n) is 1.85. The Morgan fingerprint density at radius 2 is 2.11 bits per heavy atom. The van der Waals surface area contributed by atoms with Crippen molar-refractivity contribution in [2.45, 2.75) is 10.6 Å². The molecule has 0 aliphatic carbocycles. The lowest BCUT2D eigenvalue weighted by Gasteiger charge is -2.00. The van der Waals surface area contributed by atoms with Crippen LogP contribution >= 0.6 is 23.4 Å². The van der Waals surface area contributed by atoms with Crippen molar-refractivity contribution in [3.05, 3.63) is 59.5 Å². The molecule has 0 bridgehead atoms. The fraction of sp³-hybridized carbons (Fsp3) is 0.0714. The van der Waals surface area contributed by atoms with Crippen LogP contribution in [0.2, 0.25) is 5.02 Å². The van der Waals surface area contributed by atoms with E-state index in [9.17, 15) is 0 Å². The van der Waals surface area contributed by atoms with Crippen LogP contribution in [0, 0.1) is 0 Å². The second-order valence-electron chi connectivity index (χ2n) is 4.21. The predicted octanol–water partition coefficient (Wildman–Crippen LogP) is 3.86. The average molecular weight is 290 g/mol. The number of anilines is 1. The minimum absolute atomic E-state index is 0.708. The molecule has 0 atom stereocenters. The molecule has 0 amide bonds. The molecule has 0 aliphatic rings. The van der Waals surface area contributed by atoms with Gasteiger partial charge in [0.05, 0.1) is 10.7 Å². The van der Waals surface area contributed by atoms with Crippen molar-refractivity contribution in [1.29, 1.82) is 0 Å². The highest BCUT2D eigenvalue weighted by Crippen LogP contribution is 2.24. The lowest BCUT2D eigenvalue weighted by Crippen LogP contribution is -1.84. The Labute approximate surface area is 120 Å². The predicted molar refractivity (Wildman–Crippen MR) is 80.6 cm³/mol. The van der Waals surface area contributed by atoms with Crippen LogP contribution in [0.4, 0.5) is 5.69 Å². The smallest absolute Gasteiger partial charge is 0.137 e. The van der Waals surface area contributed by atoms with E-state index in [0.29, 0.717) is 5.02 Å². The van der Waals surface area contributed by atoms with Crippen LogP contribution in [0.1, 0.15) is 5.69 Å². The number of nitrogens with two attached hydrogens (primary N) is 1. The summed E-state index contributed by atoms with van der Waals surface area (Å²) in [5.41, 5.74) is 8.47. The van der Waals surface area contributed by atoms with E-state index in [4.69, 9.17) is 17.3 Å². The highest BCUT2D eigenvalue weighted by atomic mass is 35.5. The Morgan fingerprint density at radius 1 is 1.21 bits per heavy atom. The zero-order valence-electron chi connectivity index (χ0n) is 10.1. The first-order valence-electron chi connectivity index (χ1n) is 5.82. The molecule has 3 nitrogen and oxygen atoms in total. The molecule has 0 fully saturated rings. The molecule has 3 rings (SSSR count). The Balaban J connectivity index is 1.78. The quantitative estimate of drug-likeness (QED) is 0.588. The number of halogens is 1. The van der Waals surface area contributed by atoms with E-state index in [-0.39, 0.29) is 0 Å². The van der Waals surface area contributed by atoms with Crippen LogP contribution in [0.5, 0.6) is 0 Å². The Morgan fingerprint density at radius 3 is 2.95 bits per heavy atom. The third-order valence-electron chi connectivity index (χ3n) is 2.71. The van der Waals surface area contributed by atoms with Crippen LogP contribution in [0.15, 0.2) is 53.7 Å². The second kappa shape index (κ2) is 5.15. The van der Waals surface area contributed by atoms with Gasteiger partial charge in [-0.3, -0.25) is 0 Å². The number of hydrogen-bond donors (Lipinski definition) is 1. The largest absolute Gasteiger partial charge is 0.399 e. The summed E-state index contributed by atoms with van der Waals surface area (Å²) in [5, 5.41) is 0.708. The van der Waals surface area contributed by atoms with Crippen LogP contribution < -0.4 is 5.73 Å². The first-order valence-corrected chi connectivity index (χ1v) is 7.18. The molecule has 0 radical (unpaired) electrons. The highest BCUT2D eigenvalue weighted by Gasteiger charge is 2.03. The van der Waals surface area contributed by atoms with Crippen molar-refractivity contribution in [1.82, 2.24) is 9.38 Å². The summed E-state index contributed by atoms with van der Waals surface area (Å²) in [6.07, 6.45) is 3.86. The molecule has 2 aromatic heterocycles. The molecule has 96 valence electrons. The van der Waals surface area contributed by atoms with E-state index < -0.39 is 0 Å². The number of hydrogen-bond acceptors (Lipinski definition) is 3. The average Bonchev–Trinajstić information content (AvgIpc) is 2.78. The maximum absolute atomic E-state index is 5.95. The molecule has 0 saturated heterocycles. The molecular formula is C14H12ClN3S. The van der Waals surface area contributed by atoms with Crippen molar-refractivity contribution in [3.8, 4) is 0 Å². The highest BCUT2D eigenvalue weighted by molar-refractivity contribution is 7.98. The number of nitrogens with zero attached hydrogens (tertiary/aromatic N) is 2. The molecule has 0 unspecified atom stereocenters. The number of pyridine rings is 1. The maximum Gasteiger partial charge on any atom is 0.137 e. The Hall–Kier alpha value is -1.65. The second-order valence-corrected chi connectivity index (χ2v) is 5.69. The minimum atomic E-state index is 0.708. The zero-order chi connectivity index (χ0) is 13.2. The molecule has 1 aromatic carbocycles. The first kappa shape index (κ1) is 12.4. The molecule has 5 heteroatoms. The molecular weight excluding hydrogens is 278 g/mol. The van der Waals surface area contributed by atoms with Gasteiger partial charge in [-0.2, -0.15) is 0 Å². The van der Waals surface area contributed by atoms with Crippen LogP contribution in [0.3, 0.4) is 0 Å². The van der Waals surface area contributed by atoms with Crippen molar-refractivity contribution in [2.24, 2.45) is 0 Å². The van der Waals surface area contributed by atoms with Crippen LogP contribution in [-0.4, -0.2) is 9.38 Å². The summed E-state index contributed by atoms with van der Waals surface area (Å²) in [6.45, 7) is 0. The van der Waals surface area contributed by atoms with E-state index in [1.54, 1.807) is 11.8 Å². The summed E-state index contributed by atoms with van der Waals surface area (Å²) in [4.78, 5) is 5.69. The van der Waals surface area contributed by atoms with Gasteiger partial charge in [0.2, 0.25) is 0 Å². The lowest BCUT2D eigenvalue weighted by molar-refractivity contribution is 1.18. The summed E-state index contributed by atoms with van der Waals surface area (Å²) in [6, 6.07) is 11.6. The Bertz CT molecular complexity index is 724. The van der Waals surface area contributed by atoms with E-state index in [0.717, 1.165) is 27.7 Å².